The smallest absolute Gasteiger partial charge is 0.228 e. The van der Waals surface area contributed by atoms with Crippen molar-refractivity contribution >= 4 is 32.2 Å². The lowest BCUT2D eigenvalue weighted by Gasteiger charge is -2.18. The van der Waals surface area contributed by atoms with Crippen LogP contribution in [-0.4, -0.2) is 30.1 Å². The minimum Gasteiger partial charge on any atom is -0.456 e. The Balaban J connectivity index is 1.36. The second-order valence-electron chi connectivity index (χ2n) is 10.7. The van der Waals surface area contributed by atoms with Gasteiger partial charge in [-0.25, -0.2) is 13.4 Å². The summed E-state index contributed by atoms with van der Waals surface area (Å²) in [5, 5.41) is 7.52. The molecule has 0 aliphatic heterocycles. The Bertz CT molecular complexity index is 1650. The molecular weight excluding hydrogens is 505 g/mol. The number of nitrogens with zero attached hydrogens (tertiary/aromatic N) is 3. The molecule has 2 aromatic heterocycles. The Hall–Kier alpha value is -3.79. The fourth-order valence-corrected chi connectivity index (χ4v) is 5.94. The number of pyridine rings is 1. The number of aromatic nitrogens is 3. The number of fused-ring (bicyclic) bond motifs is 1. The van der Waals surface area contributed by atoms with Crippen LogP contribution in [-0.2, 0) is 26.5 Å². The number of rotatable bonds is 7. The number of carbonyl (C=O) groups excluding carboxylic acids is 1. The Morgan fingerprint density at radius 3 is 2.66 bits per heavy atom. The van der Waals surface area contributed by atoms with E-state index >= 15 is 4.39 Å². The van der Waals surface area contributed by atoms with Gasteiger partial charge in [0.15, 0.2) is 0 Å². The molecular formula is C28H30FN5O3S. The molecule has 1 aliphatic carbocycles. The van der Waals surface area contributed by atoms with Crippen LogP contribution in [0.25, 0.3) is 10.9 Å². The molecule has 0 saturated heterocycles. The summed E-state index contributed by atoms with van der Waals surface area (Å²) in [7, 11) is -2.89. The first-order chi connectivity index (χ1) is 17.9. The van der Waals surface area contributed by atoms with Gasteiger partial charge in [-0.3, -0.25) is 14.5 Å². The van der Waals surface area contributed by atoms with Gasteiger partial charge in [0.05, 0.1) is 39.1 Å². The fourth-order valence-electron chi connectivity index (χ4n) is 4.19. The number of nitrogens with one attached hydrogen (secondary N) is 2. The predicted molar refractivity (Wildman–Crippen MR) is 145 cm³/mol. The van der Waals surface area contributed by atoms with Crippen molar-refractivity contribution < 1.29 is 18.1 Å². The van der Waals surface area contributed by atoms with E-state index < -0.39 is 15.5 Å². The lowest BCUT2D eigenvalue weighted by Crippen LogP contribution is -2.22. The summed E-state index contributed by atoms with van der Waals surface area (Å²) in [4.78, 5) is 17.4. The molecule has 1 saturated carbocycles. The van der Waals surface area contributed by atoms with Crippen molar-refractivity contribution in [2.45, 2.75) is 62.6 Å². The SMILES string of the molecule is Cc1cc(CC(=O)Nc2cnn(C(C)(C)C)c2)c(F)cc1Oc1ccnc2ccc(S(=N)(=O)C3CC3)cc12. The van der Waals surface area contributed by atoms with Crippen LogP contribution in [0.1, 0.15) is 44.7 Å². The molecule has 38 heavy (non-hydrogen) atoms. The first kappa shape index (κ1) is 25.8. The largest absolute Gasteiger partial charge is 0.456 e. The highest BCUT2D eigenvalue weighted by Crippen LogP contribution is 2.37. The Morgan fingerprint density at radius 1 is 1.21 bits per heavy atom. The first-order valence-electron chi connectivity index (χ1n) is 12.4. The number of amides is 1. The molecule has 1 aliphatic rings. The van der Waals surface area contributed by atoms with Gasteiger partial charge in [0.1, 0.15) is 17.3 Å². The van der Waals surface area contributed by atoms with E-state index in [0.717, 1.165) is 12.8 Å². The minimum absolute atomic E-state index is 0.114. The predicted octanol–water partition coefficient (Wildman–Crippen LogP) is 6.18. The molecule has 198 valence electrons. The molecule has 4 aromatic rings. The van der Waals surface area contributed by atoms with Crippen molar-refractivity contribution in [3.63, 3.8) is 0 Å². The first-order valence-corrected chi connectivity index (χ1v) is 14.0. The number of hydrogen-bond acceptors (Lipinski definition) is 6. The molecule has 8 nitrogen and oxygen atoms in total. The molecule has 1 atom stereocenters. The van der Waals surface area contributed by atoms with Gasteiger partial charge >= 0.3 is 0 Å². The summed E-state index contributed by atoms with van der Waals surface area (Å²) in [5.74, 6) is -0.197. The minimum atomic E-state index is -2.89. The van der Waals surface area contributed by atoms with E-state index in [9.17, 15) is 9.00 Å². The lowest BCUT2D eigenvalue weighted by atomic mass is 10.1. The summed E-state index contributed by atoms with van der Waals surface area (Å²) >= 11 is 0. The maximum absolute atomic E-state index is 15.1. The van der Waals surface area contributed by atoms with Crippen LogP contribution in [0, 0.1) is 17.5 Å². The summed E-state index contributed by atoms with van der Waals surface area (Å²) in [6.07, 6.45) is 6.33. The van der Waals surface area contributed by atoms with Crippen LogP contribution >= 0.6 is 0 Å². The maximum Gasteiger partial charge on any atom is 0.228 e. The Labute approximate surface area is 221 Å². The molecule has 2 heterocycles. The van der Waals surface area contributed by atoms with Crippen LogP contribution in [0.15, 0.2) is 59.9 Å². The number of ether oxygens (including phenoxy) is 1. The van der Waals surface area contributed by atoms with Crippen molar-refractivity contribution in [2.24, 2.45) is 0 Å². The Kier molecular flexibility index (Phi) is 6.46. The van der Waals surface area contributed by atoms with Crippen LogP contribution in [0.5, 0.6) is 11.5 Å². The number of carbonyl (C=O) groups is 1. The highest BCUT2D eigenvalue weighted by Gasteiger charge is 2.34. The third kappa shape index (κ3) is 5.26. The van der Waals surface area contributed by atoms with Gasteiger partial charge in [0, 0.05) is 34.0 Å². The fraction of sp³-hybridized carbons (Fsp3) is 0.321. The average Bonchev–Trinajstić information content (AvgIpc) is 3.61. The second-order valence-corrected chi connectivity index (χ2v) is 13.0. The van der Waals surface area contributed by atoms with Gasteiger partial charge in [-0.1, -0.05) is 0 Å². The van der Waals surface area contributed by atoms with E-state index in [1.165, 1.54) is 6.07 Å². The normalized spacial score (nSPS) is 15.3. The van der Waals surface area contributed by atoms with Gasteiger partial charge in [0.25, 0.3) is 0 Å². The summed E-state index contributed by atoms with van der Waals surface area (Å²) in [6, 6.07) is 9.63. The topological polar surface area (TPSA) is 110 Å². The number of anilines is 1. The molecule has 0 radical (unpaired) electrons. The van der Waals surface area contributed by atoms with E-state index in [1.807, 2.05) is 20.8 Å². The number of benzene rings is 2. The molecule has 1 amide bonds. The van der Waals surface area contributed by atoms with Gasteiger partial charge in [-0.15, -0.1) is 0 Å². The van der Waals surface area contributed by atoms with E-state index in [-0.39, 0.29) is 28.7 Å². The van der Waals surface area contributed by atoms with Crippen molar-refractivity contribution in [1.29, 1.82) is 4.78 Å². The third-order valence-corrected chi connectivity index (χ3v) is 8.85. The average molecular weight is 536 g/mol. The quantitative estimate of drug-likeness (QED) is 0.294. The van der Waals surface area contributed by atoms with Gasteiger partial charge in [0.2, 0.25) is 5.91 Å². The van der Waals surface area contributed by atoms with Crippen LogP contribution < -0.4 is 10.1 Å². The zero-order chi connectivity index (χ0) is 27.2. The number of halogens is 1. The molecule has 2 N–H and O–H groups in total. The molecule has 10 heteroatoms. The summed E-state index contributed by atoms with van der Waals surface area (Å²) in [6.45, 7) is 7.79. The highest BCUT2D eigenvalue weighted by molar-refractivity contribution is 7.93. The van der Waals surface area contributed by atoms with Crippen LogP contribution in [0.4, 0.5) is 10.1 Å². The standard InChI is InChI=1S/C28H30FN5O3S/c1-17-11-18(12-27(35)33-19-15-32-34(16-19)28(2,3)4)23(29)14-26(17)37-25-9-10-31-24-8-7-21(13-22(24)25)38(30,36)20-5-6-20/h7-11,13-16,20,30H,5-6,12H2,1-4H3,(H,33,35). The molecule has 2 aromatic carbocycles. The van der Waals surface area contributed by atoms with Crippen molar-refractivity contribution in [1.82, 2.24) is 14.8 Å². The van der Waals surface area contributed by atoms with Gasteiger partial charge in [-0.05, 0) is 82.0 Å². The number of aryl methyl sites for hydroxylation is 1. The molecule has 5 rings (SSSR count). The van der Waals surface area contributed by atoms with Crippen molar-refractivity contribution in [2.75, 3.05) is 5.32 Å². The summed E-state index contributed by atoms with van der Waals surface area (Å²) in [5.41, 5.74) is 1.85. The zero-order valence-corrected chi connectivity index (χ0v) is 22.6. The van der Waals surface area contributed by atoms with Gasteiger partial charge in [-0.2, -0.15) is 5.10 Å². The van der Waals surface area contributed by atoms with E-state index in [2.05, 4.69) is 15.4 Å². The maximum atomic E-state index is 15.1. The second kappa shape index (κ2) is 9.50. The molecule has 1 fully saturated rings. The zero-order valence-electron chi connectivity index (χ0n) is 21.7. The van der Waals surface area contributed by atoms with E-state index in [1.54, 1.807) is 60.5 Å². The van der Waals surface area contributed by atoms with Crippen LogP contribution in [0.3, 0.4) is 0 Å². The van der Waals surface area contributed by atoms with Crippen molar-refractivity contribution in [3.8, 4) is 11.5 Å². The van der Waals surface area contributed by atoms with Gasteiger partial charge < -0.3 is 10.1 Å². The molecule has 0 spiro atoms. The van der Waals surface area contributed by atoms with Crippen molar-refractivity contribution in [3.05, 3.63) is 71.9 Å². The number of hydrogen-bond donors (Lipinski definition) is 2. The van der Waals surface area contributed by atoms with E-state index in [0.29, 0.717) is 38.5 Å². The highest BCUT2D eigenvalue weighted by atomic mass is 32.2. The van der Waals surface area contributed by atoms with Crippen LogP contribution in [0.2, 0.25) is 0 Å². The van der Waals surface area contributed by atoms with E-state index in [4.69, 9.17) is 9.52 Å². The summed E-state index contributed by atoms with van der Waals surface area (Å²) < 4.78 is 44.3. The third-order valence-electron chi connectivity index (χ3n) is 6.49. The Morgan fingerprint density at radius 2 is 1.97 bits per heavy atom. The molecule has 1 unspecified atom stereocenters. The monoisotopic (exact) mass is 535 g/mol. The lowest BCUT2D eigenvalue weighted by molar-refractivity contribution is -0.115. The molecule has 0 bridgehead atoms.